The minimum Gasteiger partial charge on any atom is -0.494 e. The number of aliphatic carboxylic acids is 1. The van der Waals surface area contributed by atoms with Crippen LogP contribution in [-0.2, 0) is 14.6 Å². The topological polar surface area (TPSA) is 126 Å². The van der Waals surface area contributed by atoms with Gasteiger partial charge in [-0.15, -0.1) is 0 Å². The Balaban J connectivity index is 1.63. The van der Waals surface area contributed by atoms with Crippen molar-refractivity contribution in [3.05, 3.63) is 36.5 Å². The highest BCUT2D eigenvalue weighted by atomic mass is 32.2. The van der Waals surface area contributed by atoms with Gasteiger partial charge in [0.1, 0.15) is 9.96 Å². The number of carbonyl (C=O) groups excluding carboxylic acids is 1. The number of ether oxygens (including phenoxy) is 1. The summed E-state index contributed by atoms with van der Waals surface area (Å²) in [6.07, 6.45) is 5.63. The molecular formula is C22H29N3O6S2. The van der Waals surface area contributed by atoms with Crippen molar-refractivity contribution in [3.8, 4) is 5.75 Å². The van der Waals surface area contributed by atoms with Gasteiger partial charge in [0.2, 0.25) is 0 Å². The van der Waals surface area contributed by atoms with Crippen LogP contribution >= 0.6 is 11.3 Å². The highest BCUT2D eigenvalue weighted by Gasteiger charge is 2.28. The molecule has 33 heavy (non-hydrogen) atoms. The predicted octanol–water partition coefficient (Wildman–Crippen LogP) is 3.88. The largest absolute Gasteiger partial charge is 0.494 e. The quantitative estimate of drug-likeness (QED) is 0.479. The molecule has 1 aliphatic rings. The zero-order valence-electron chi connectivity index (χ0n) is 18.5. The Labute approximate surface area is 197 Å². The highest BCUT2D eigenvalue weighted by molar-refractivity contribution is 7.94. The van der Waals surface area contributed by atoms with Gasteiger partial charge in [-0.25, -0.2) is 18.2 Å². The zero-order valence-corrected chi connectivity index (χ0v) is 20.1. The first-order chi connectivity index (χ1) is 15.7. The Kier molecular flexibility index (Phi) is 8.67. The van der Waals surface area contributed by atoms with Crippen molar-refractivity contribution in [1.29, 1.82) is 0 Å². The standard InChI is InChI=1S/C22H29N3O6S2/c1-16-8-10-17(11-9-16)25(12-5-13-31-18-6-3-2-4-7-18)22(28)24-21-23-14-20(32-21)33(29,30)15-19(26)27/h2-4,6-7,14,16-17H,5,8-13,15H2,1H3,(H,26,27)(H,23,24,28)/t16-,17-. The first-order valence-electron chi connectivity index (χ1n) is 10.9. The monoisotopic (exact) mass is 495 g/mol. The molecule has 180 valence electrons. The molecule has 0 saturated heterocycles. The van der Waals surface area contributed by atoms with Crippen LogP contribution in [0.3, 0.4) is 0 Å². The van der Waals surface area contributed by atoms with E-state index >= 15 is 0 Å². The molecule has 1 fully saturated rings. The third-order valence-corrected chi connectivity index (χ3v) is 8.63. The summed E-state index contributed by atoms with van der Waals surface area (Å²) in [6.45, 7) is 3.17. The van der Waals surface area contributed by atoms with Gasteiger partial charge in [-0.3, -0.25) is 10.1 Å². The molecule has 0 spiro atoms. The molecule has 0 radical (unpaired) electrons. The van der Waals surface area contributed by atoms with Crippen molar-refractivity contribution in [1.82, 2.24) is 9.88 Å². The summed E-state index contributed by atoms with van der Waals surface area (Å²) in [4.78, 5) is 29.6. The smallest absolute Gasteiger partial charge is 0.323 e. The van der Waals surface area contributed by atoms with Crippen LogP contribution in [0.4, 0.5) is 9.93 Å². The number of nitrogens with zero attached hydrogens (tertiary/aromatic N) is 2. The van der Waals surface area contributed by atoms with Gasteiger partial charge in [-0.05, 0) is 50.2 Å². The van der Waals surface area contributed by atoms with E-state index in [2.05, 4.69) is 17.2 Å². The summed E-state index contributed by atoms with van der Waals surface area (Å²) in [5.74, 6) is -1.05. The second-order valence-corrected chi connectivity index (χ2v) is 11.4. The van der Waals surface area contributed by atoms with Gasteiger partial charge < -0.3 is 14.7 Å². The lowest BCUT2D eigenvalue weighted by atomic mass is 9.86. The lowest BCUT2D eigenvalue weighted by molar-refractivity contribution is -0.134. The molecule has 2 amide bonds. The first-order valence-corrected chi connectivity index (χ1v) is 13.4. The Morgan fingerprint density at radius 2 is 1.91 bits per heavy atom. The summed E-state index contributed by atoms with van der Waals surface area (Å²) < 4.78 is 29.8. The van der Waals surface area contributed by atoms with E-state index in [-0.39, 0.29) is 21.4 Å². The maximum absolute atomic E-state index is 13.1. The molecule has 0 unspecified atom stereocenters. The van der Waals surface area contributed by atoms with Crippen molar-refractivity contribution >= 4 is 38.3 Å². The number of sulfone groups is 1. The number of carboxylic acids is 1. The Bertz CT molecular complexity index is 1030. The van der Waals surface area contributed by atoms with Crippen LogP contribution in [-0.4, -0.2) is 60.4 Å². The second-order valence-electron chi connectivity index (χ2n) is 8.19. The van der Waals surface area contributed by atoms with Crippen LogP contribution in [0.1, 0.15) is 39.0 Å². The number of hydrogen-bond donors (Lipinski definition) is 2. The van der Waals surface area contributed by atoms with Crippen molar-refractivity contribution in [2.24, 2.45) is 5.92 Å². The van der Waals surface area contributed by atoms with Gasteiger partial charge in [-0.1, -0.05) is 36.5 Å². The minimum absolute atomic E-state index is 0.0908. The number of amides is 2. The zero-order chi connectivity index (χ0) is 23.8. The highest BCUT2D eigenvalue weighted by Crippen LogP contribution is 2.29. The molecular weight excluding hydrogens is 466 g/mol. The number of hydrogen-bond acceptors (Lipinski definition) is 7. The normalized spacial score (nSPS) is 18.5. The fourth-order valence-electron chi connectivity index (χ4n) is 3.80. The number of thiazole rings is 1. The van der Waals surface area contributed by atoms with E-state index in [4.69, 9.17) is 9.84 Å². The minimum atomic E-state index is -3.99. The molecule has 0 atom stereocenters. The van der Waals surface area contributed by atoms with Gasteiger partial charge in [0.05, 0.1) is 12.8 Å². The molecule has 1 aliphatic carbocycles. The molecule has 1 heterocycles. The number of para-hydroxylation sites is 1. The van der Waals surface area contributed by atoms with Crippen LogP contribution in [0, 0.1) is 5.92 Å². The average Bonchev–Trinajstić information content (AvgIpc) is 3.24. The van der Waals surface area contributed by atoms with E-state index in [0.717, 1.165) is 49.0 Å². The van der Waals surface area contributed by atoms with Gasteiger partial charge >= 0.3 is 12.0 Å². The molecule has 11 heteroatoms. The van der Waals surface area contributed by atoms with Gasteiger partial charge in [0.25, 0.3) is 0 Å². The lowest BCUT2D eigenvalue weighted by Crippen LogP contribution is -2.45. The third kappa shape index (κ3) is 7.43. The van der Waals surface area contributed by atoms with Crippen LogP contribution in [0.15, 0.2) is 40.7 Å². The fourth-order valence-corrected chi connectivity index (χ4v) is 5.95. The van der Waals surface area contributed by atoms with Crippen molar-refractivity contribution in [2.45, 2.75) is 49.3 Å². The molecule has 2 N–H and O–H groups in total. The van der Waals surface area contributed by atoms with Gasteiger partial charge in [0.15, 0.2) is 20.7 Å². The average molecular weight is 496 g/mol. The van der Waals surface area contributed by atoms with E-state index in [1.54, 1.807) is 4.90 Å². The number of nitrogens with one attached hydrogen (secondary N) is 1. The second kappa shape index (κ2) is 11.5. The van der Waals surface area contributed by atoms with Crippen LogP contribution < -0.4 is 10.1 Å². The van der Waals surface area contributed by atoms with E-state index in [1.165, 1.54) is 0 Å². The lowest BCUT2D eigenvalue weighted by Gasteiger charge is -2.36. The van der Waals surface area contributed by atoms with Crippen LogP contribution in [0.2, 0.25) is 0 Å². The Hall–Kier alpha value is -2.66. The summed E-state index contributed by atoms with van der Waals surface area (Å²) >= 11 is 0.755. The summed E-state index contributed by atoms with van der Waals surface area (Å²) in [5.41, 5.74) is 0. The predicted molar refractivity (Wildman–Crippen MR) is 126 cm³/mol. The summed E-state index contributed by atoms with van der Waals surface area (Å²) in [6, 6.07) is 9.23. The van der Waals surface area contributed by atoms with Crippen LogP contribution in [0.5, 0.6) is 5.75 Å². The van der Waals surface area contributed by atoms with E-state index in [9.17, 15) is 18.0 Å². The van der Waals surface area contributed by atoms with E-state index in [0.29, 0.717) is 25.5 Å². The van der Waals surface area contributed by atoms with Gasteiger partial charge in [0, 0.05) is 12.6 Å². The number of rotatable bonds is 10. The first kappa shape index (κ1) is 25.0. The number of anilines is 1. The Morgan fingerprint density at radius 1 is 1.21 bits per heavy atom. The molecule has 1 saturated carbocycles. The maximum atomic E-state index is 13.1. The van der Waals surface area contributed by atoms with Crippen molar-refractivity contribution in [3.63, 3.8) is 0 Å². The maximum Gasteiger partial charge on any atom is 0.323 e. The molecule has 9 nitrogen and oxygen atoms in total. The number of carbonyl (C=O) groups is 2. The molecule has 1 aromatic carbocycles. The molecule has 0 aliphatic heterocycles. The van der Waals surface area contributed by atoms with Crippen molar-refractivity contribution < 1.29 is 27.9 Å². The number of carboxylic acid groups (broad SMARTS) is 1. The van der Waals surface area contributed by atoms with Crippen molar-refractivity contribution in [2.75, 3.05) is 24.2 Å². The summed E-state index contributed by atoms with van der Waals surface area (Å²) in [7, 11) is -3.99. The molecule has 3 rings (SSSR count). The number of aromatic nitrogens is 1. The third-order valence-electron chi connectivity index (χ3n) is 5.56. The number of urea groups is 1. The molecule has 0 bridgehead atoms. The molecule has 2 aromatic rings. The molecule has 1 aromatic heterocycles. The van der Waals surface area contributed by atoms with Crippen LogP contribution in [0.25, 0.3) is 0 Å². The van der Waals surface area contributed by atoms with E-state index < -0.39 is 21.6 Å². The summed E-state index contributed by atoms with van der Waals surface area (Å²) in [5, 5.41) is 11.6. The number of benzene rings is 1. The SMILES string of the molecule is C[C@H]1CC[C@H](N(CCCOc2ccccc2)C(=O)Nc2ncc(S(=O)(=O)CC(=O)O)s2)CC1. The fraction of sp³-hybridized carbons (Fsp3) is 0.500. The Morgan fingerprint density at radius 3 is 2.58 bits per heavy atom. The van der Waals surface area contributed by atoms with E-state index in [1.807, 2.05) is 30.3 Å². The van der Waals surface area contributed by atoms with Gasteiger partial charge in [-0.2, -0.15) is 0 Å².